The van der Waals surface area contributed by atoms with Crippen molar-refractivity contribution in [3.05, 3.63) is 35.5 Å². The summed E-state index contributed by atoms with van der Waals surface area (Å²) < 4.78 is 0. The lowest BCUT2D eigenvalue weighted by molar-refractivity contribution is 0.731. The third-order valence-electron chi connectivity index (χ3n) is 3.97. The summed E-state index contributed by atoms with van der Waals surface area (Å²) in [5.41, 5.74) is 3.91. The van der Waals surface area contributed by atoms with E-state index >= 15 is 0 Å². The van der Waals surface area contributed by atoms with Gasteiger partial charge in [-0.25, -0.2) is 0 Å². The molecule has 0 aliphatic rings. The zero-order valence-electron chi connectivity index (χ0n) is 14.4. The Morgan fingerprint density at radius 3 is 2.83 bits per heavy atom. The Bertz CT molecular complexity index is 633. The van der Waals surface area contributed by atoms with Crippen LogP contribution in [-0.2, 0) is 6.42 Å². The number of hydrogen-bond donors (Lipinski definition) is 3. The SMILES string of the molecule is CN=C(NCCCCSC)NCCc1c[nH]c2cccc(C)c12. The molecular formula is C18H28N4S. The molecule has 3 N–H and O–H groups in total. The molecule has 2 aromatic rings. The van der Waals surface area contributed by atoms with Gasteiger partial charge in [0.05, 0.1) is 0 Å². The van der Waals surface area contributed by atoms with Crippen molar-refractivity contribution in [2.24, 2.45) is 4.99 Å². The van der Waals surface area contributed by atoms with Crippen LogP contribution >= 0.6 is 11.8 Å². The number of hydrogen-bond acceptors (Lipinski definition) is 2. The van der Waals surface area contributed by atoms with Gasteiger partial charge in [0.15, 0.2) is 5.96 Å². The molecule has 2 rings (SSSR count). The molecule has 0 amide bonds. The molecule has 5 heteroatoms. The van der Waals surface area contributed by atoms with Crippen molar-refractivity contribution >= 4 is 28.6 Å². The minimum Gasteiger partial charge on any atom is -0.361 e. The lowest BCUT2D eigenvalue weighted by atomic mass is 10.1. The molecule has 0 aliphatic carbocycles. The van der Waals surface area contributed by atoms with E-state index in [-0.39, 0.29) is 0 Å². The van der Waals surface area contributed by atoms with Crippen LogP contribution in [-0.4, -0.2) is 43.1 Å². The van der Waals surface area contributed by atoms with Crippen molar-refractivity contribution in [2.75, 3.05) is 32.1 Å². The van der Waals surface area contributed by atoms with Gasteiger partial charge in [0, 0.05) is 37.2 Å². The zero-order valence-corrected chi connectivity index (χ0v) is 15.2. The van der Waals surface area contributed by atoms with E-state index in [4.69, 9.17) is 0 Å². The highest BCUT2D eigenvalue weighted by molar-refractivity contribution is 7.98. The van der Waals surface area contributed by atoms with Gasteiger partial charge >= 0.3 is 0 Å². The van der Waals surface area contributed by atoms with Crippen molar-refractivity contribution in [1.82, 2.24) is 15.6 Å². The second kappa shape index (κ2) is 9.50. The van der Waals surface area contributed by atoms with Crippen molar-refractivity contribution in [1.29, 1.82) is 0 Å². The summed E-state index contributed by atoms with van der Waals surface area (Å²) in [6, 6.07) is 6.40. The quantitative estimate of drug-likeness (QED) is 0.395. The van der Waals surface area contributed by atoms with E-state index < -0.39 is 0 Å². The lowest BCUT2D eigenvalue weighted by Crippen LogP contribution is -2.38. The summed E-state index contributed by atoms with van der Waals surface area (Å²) in [6.07, 6.45) is 7.69. The molecule has 0 radical (unpaired) electrons. The Labute approximate surface area is 143 Å². The van der Waals surface area contributed by atoms with E-state index in [0.29, 0.717) is 0 Å². The predicted molar refractivity (Wildman–Crippen MR) is 104 cm³/mol. The zero-order chi connectivity index (χ0) is 16.5. The Hall–Kier alpha value is -1.62. The van der Waals surface area contributed by atoms with Crippen LogP contribution in [0.5, 0.6) is 0 Å². The number of aliphatic imine (C=N–C) groups is 1. The normalized spacial score (nSPS) is 11.9. The second-order valence-corrected chi connectivity index (χ2v) is 6.67. The molecule has 23 heavy (non-hydrogen) atoms. The fourth-order valence-electron chi connectivity index (χ4n) is 2.76. The van der Waals surface area contributed by atoms with Crippen LogP contribution in [0.4, 0.5) is 0 Å². The number of guanidine groups is 1. The maximum atomic E-state index is 4.29. The number of benzene rings is 1. The molecule has 126 valence electrons. The van der Waals surface area contributed by atoms with Gasteiger partial charge in [0.25, 0.3) is 0 Å². The average Bonchev–Trinajstić information content (AvgIpc) is 2.97. The van der Waals surface area contributed by atoms with E-state index in [1.165, 1.54) is 40.6 Å². The van der Waals surface area contributed by atoms with Gasteiger partial charge in [0.2, 0.25) is 0 Å². The van der Waals surface area contributed by atoms with E-state index in [9.17, 15) is 0 Å². The summed E-state index contributed by atoms with van der Waals surface area (Å²) in [5, 5.41) is 8.14. The molecule has 0 aliphatic heterocycles. The number of H-pyrrole nitrogens is 1. The average molecular weight is 333 g/mol. The van der Waals surface area contributed by atoms with Crippen LogP contribution in [0.15, 0.2) is 29.4 Å². The van der Waals surface area contributed by atoms with Gasteiger partial charge in [-0.05, 0) is 55.4 Å². The first kappa shape index (κ1) is 17.7. The smallest absolute Gasteiger partial charge is 0.190 e. The van der Waals surface area contributed by atoms with Gasteiger partial charge in [0.1, 0.15) is 0 Å². The third-order valence-corrected chi connectivity index (χ3v) is 4.67. The standard InChI is InChI=1S/C18H28N4S/c1-14-7-6-8-16-17(14)15(13-22-16)9-11-21-18(19-2)20-10-4-5-12-23-3/h6-8,13,22H,4-5,9-12H2,1-3H3,(H2,19,20,21). The molecule has 1 aromatic carbocycles. The summed E-state index contributed by atoms with van der Waals surface area (Å²) in [6.45, 7) is 4.03. The van der Waals surface area contributed by atoms with Crippen molar-refractivity contribution in [2.45, 2.75) is 26.2 Å². The highest BCUT2D eigenvalue weighted by Gasteiger charge is 2.06. The minimum atomic E-state index is 0.881. The number of aromatic nitrogens is 1. The van der Waals surface area contributed by atoms with Crippen LogP contribution in [0.3, 0.4) is 0 Å². The maximum Gasteiger partial charge on any atom is 0.190 e. The maximum absolute atomic E-state index is 4.29. The largest absolute Gasteiger partial charge is 0.361 e. The molecule has 1 aromatic heterocycles. The number of aryl methyl sites for hydroxylation is 1. The second-order valence-electron chi connectivity index (χ2n) is 5.69. The number of rotatable bonds is 8. The summed E-state index contributed by atoms with van der Waals surface area (Å²) in [4.78, 5) is 7.65. The first-order valence-electron chi connectivity index (χ1n) is 8.25. The molecule has 0 unspecified atom stereocenters. The molecule has 4 nitrogen and oxygen atoms in total. The monoisotopic (exact) mass is 332 g/mol. The first-order chi connectivity index (χ1) is 11.3. The van der Waals surface area contributed by atoms with Gasteiger partial charge in [-0.2, -0.15) is 11.8 Å². The third kappa shape index (κ3) is 5.20. The molecule has 0 saturated heterocycles. The molecular weight excluding hydrogens is 304 g/mol. The van der Waals surface area contributed by atoms with Crippen LogP contribution in [0.25, 0.3) is 10.9 Å². The molecule has 0 spiro atoms. The minimum absolute atomic E-state index is 0.881. The van der Waals surface area contributed by atoms with E-state index in [1.54, 1.807) is 0 Å². The number of aromatic amines is 1. The summed E-state index contributed by atoms with van der Waals surface area (Å²) in [7, 11) is 1.83. The Balaban J connectivity index is 1.78. The topological polar surface area (TPSA) is 52.2 Å². The molecule has 0 saturated carbocycles. The fraction of sp³-hybridized carbons (Fsp3) is 0.500. The predicted octanol–water partition coefficient (Wildman–Crippen LogP) is 3.33. The van der Waals surface area contributed by atoms with Crippen LogP contribution in [0, 0.1) is 6.92 Å². The van der Waals surface area contributed by atoms with E-state index in [2.05, 4.69) is 58.2 Å². The van der Waals surface area contributed by atoms with Crippen molar-refractivity contribution < 1.29 is 0 Å². The van der Waals surface area contributed by atoms with E-state index in [0.717, 1.165) is 25.5 Å². The molecule has 0 fully saturated rings. The van der Waals surface area contributed by atoms with E-state index in [1.807, 2.05) is 18.8 Å². The Morgan fingerprint density at radius 2 is 2.04 bits per heavy atom. The number of nitrogens with one attached hydrogen (secondary N) is 3. The number of nitrogens with zero attached hydrogens (tertiary/aromatic N) is 1. The number of unbranched alkanes of at least 4 members (excludes halogenated alkanes) is 1. The molecule has 1 heterocycles. The van der Waals surface area contributed by atoms with Crippen molar-refractivity contribution in [3.8, 4) is 0 Å². The lowest BCUT2D eigenvalue weighted by Gasteiger charge is -2.11. The molecule has 0 bridgehead atoms. The van der Waals surface area contributed by atoms with Crippen LogP contribution in [0.2, 0.25) is 0 Å². The van der Waals surface area contributed by atoms with Gasteiger partial charge in [-0.15, -0.1) is 0 Å². The number of thioether (sulfide) groups is 1. The highest BCUT2D eigenvalue weighted by atomic mass is 32.2. The fourth-order valence-corrected chi connectivity index (χ4v) is 3.26. The first-order valence-corrected chi connectivity index (χ1v) is 9.64. The summed E-state index contributed by atoms with van der Waals surface area (Å²) in [5.74, 6) is 2.12. The molecule has 0 atom stereocenters. The Morgan fingerprint density at radius 1 is 1.22 bits per heavy atom. The number of fused-ring (bicyclic) bond motifs is 1. The highest BCUT2D eigenvalue weighted by Crippen LogP contribution is 2.22. The van der Waals surface area contributed by atoms with Crippen molar-refractivity contribution in [3.63, 3.8) is 0 Å². The van der Waals surface area contributed by atoms with Gasteiger partial charge in [-0.1, -0.05) is 12.1 Å². The van der Waals surface area contributed by atoms with Gasteiger partial charge < -0.3 is 15.6 Å². The Kier molecular flexibility index (Phi) is 7.33. The van der Waals surface area contributed by atoms with Crippen LogP contribution < -0.4 is 10.6 Å². The summed E-state index contributed by atoms with van der Waals surface area (Å²) >= 11 is 1.90. The van der Waals surface area contributed by atoms with Crippen LogP contribution in [0.1, 0.15) is 24.0 Å². The van der Waals surface area contributed by atoms with Gasteiger partial charge in [-0.3, -0.25) is 4.99 Å².